The van der Waals surface area contributed by atoms with E-state index in [4.69, 9.17) is 20.3 Å². The van der Waals surface area contributed by atoms with Crippen molar-refractivity contribution < 1.29 is 14.6 Å². The molecule has 0 saturated carbocycles. The minimum Gasteiger partial charge on any atom is -0.394 e. The quantitative estimate of drug-likeness (QED) is 0.589. The fraction of sp³-hybridized carbons (Fsp3) is 1.00. The van der Waals surface area contributed by atoms with Crippen LogP contribution in [0.2, 0.25) is 0 Å². The Kier molecular flexibility index (Phi) is 7.15. The van der Waals surface area contributed by atoms with E-state index in [1.165, 1.54) is 0 Å². The molecule has 0 heterocycles. The van der Waals surface area contributed by atoms with E-state index in [1.807, 2.05) is 20.8 Å². The Balaban J connectivity index is 3.42. The van der Waals surface area contributed by atoms with Crippen molar-refractivity contribution in [2.75, 3.05) is 26.9 Å². The second-order valence-corrected chi connectivity index (χ2v) is 5.24. The van der Waals surface area contributed by atoms with Crippen LogP contribution in [0.15, 0.2) is 0 Å². The van der Waals surface area contributed by atoms with Crippen molar-refractivity contribution in [3.63, 3.8) is 0 Å². The number of nitrogens with two attached hydrogens (primary N) is 1. The van der Waals surface area contributed by atoms with E-state index >= 15 is 0 Å². The molecule has 0 aliphatic heterocycles. The molecule has 0 rings (SSSR count). The Hall–Kier alpha value is -0.160. The molecule has 0 bridgehead atoms. The molecule has 4 nitrogen and oxygen atoms in total. The first-order valence-corrected chi connectivity index (χ1v) is 5.86. The summed E-state index contributed by atoms with van der Waals surface area (Å²) in [5, 5.41) is 8.95. The lowest BCUT2D eigenvalue weighted by atomic mass is 9.99. The largest absolute Gasteiger partial charge is 0.394 e. The third kappa shape index (κ3) is 8.05. The van der Waals surface area contributed by atoms with Crippen molar-refractivity contribution in [1.82, 2.24) is 0 Å². The maximum absolute atomic E-state index is 8.95. The Morgan fingerprint density at radius 1 is 1.12 bits per heavy atom. The van der Waals surface area contributed by atoms with Crippen molar-refractivity contribution in [2.24, 2.45) is 5.73 Å². The van der Waals surface area contributed by atoms with Gasteiger partial charge in [-0.3, -0.25) is 0 Å². The number of ether oxygens (including phenoxy) is 2. The molecule has 1 atom stereocenters. The molecule has 0 aromatic rings. The molecule has 3 N–H and O–H groups in total. The van der Waals surface area contributed by atoms with Crippen molar-refractivity contribution in [2.45, 2.75) is 51.2 Å². The molecule has 0 aromatic heterocycles. The standard InChI is InChI=1S/C12H27NO3/c1-11(2,15-4)7-9-16-8-5-6-12(3,13)10-14/h14H,5-10,13H2,1-4H3. The molecule has 98 valence electrons. The first kappa shape index (κ1) is 15.8. The second kappa shape index (κ2) is 7.22. The van der Waals surface area contributed by atoms with Crippen LogP contribution >= 0.6 is 0 Å². The van der Waals surface area contributed by atoms with Crippen molar-refractivity contribution in [1.29, 1.82) is 0 Å². The van der Waals surface area contributed by atoms with E-state index in [-0.39, 0.29) is 12.2 Å². The molecule has 16 heavy (non-hydrogen) atoms. The number of aliphatic hydroxyl groups is 1. The number of hydrogen-bond donors (Lipinski definition) is 2. The van der Waals surface area contributed by atoms with Gasteiger partial charge in [-0.25, -0.2) is 0 Å². The van der Waals surface area contributed by atoms with E-state index in [9.17, 15) is 0 Å². The van der Waals surface area contributed by atoms with Crippen molar-refractivity contribution in [3.8, 4) is 0 Å². The van der Waals surface area contributed by atoms with Gasteiger partial charge in [0.15, 0.2) is 0 Å². The summed E-state index contributed by atoms with van der Waals surface area (Å²) < 4.78 is 10.8. The number of methoxy groups -OCH3 is 1. The summed E-state index contributed by atoms with van der Waals surface area (Å²) in [6, 6.07) is 0. The highest BCUT2D eigenvalue weighted by atomic mass is 16.5. The van der Waals surface area contributed by atoms with E-state index in [0.29, 0.717) is 13.2 Å². The fourth-order valence-electron chi connectivity index (χ4n) is 1.18. The van der Waals surface area contributed by atoms with Gasteiger partial charge in [0.05, 0.1) is 12.2 Å². The van der Waals surface area contributed by atoms with Gasteiger partial charge in [-0.1, -0.05) is 0 Å². The summed E-state index contributed by atoms with van der Waals surface area (Å²) in [5.74, 6) is 0. The highest BCUT2D eigenvalue weighted by Gasteiger charge is 2.17. The third-order valence-corrected chi connectivity index (χ3v) is 2.80. The maximum atomic E-state index is 8.95. The van der Waals surface area contributed by atoms with E-state index in [2.05, 4.69) is 0 Å². The van der Waals surface area contributed by atoms with Gasteiger partial charge in [0, 0.05) is 25.9 Å². The van der Waals surface area contributed by atoms with E-state index < -0.39 is 5.54 Å². The maximum Gasteiger partial charge on any atom is 0.0644 e. The van der Waals surface area contributed by atoms with Gasteiger partial charge in [0.2, 0.25) is 0 Å². The van der Waals surface area contributed by atoms with Crippen LogP contribution in [0.25, 0.3) is 0 Å². The molecule has 0 spiro atoms. The molecule has 1 unspecified atom stereocenters. The van der Waals surface area contributed by atoms with Crippen LogP contribution < -0.4 is 5.73 Å². The molecule has 0 fully saturated rings. The van der Waals surface area contributed by atoms with Crippen LogP contribution in [0.1, 0.15) is 40.0 Å². The predicted octanol–water partition coefficient (Wildman–Crippen LogP) is 1.31. The van der Waals surface area contributed by atoms with Gasteiger partial charge < -0.3 is 20.3 Å². The van der Waals surface area contributed by atoms with E-state index in [0.717, 1.165) is 19.3 Å². The van der Waals surface area contributed by atoms with E-state index in [1.54, 1.807) is 7.11 Å². The molecule has 0 aromatic carbocycles. The Morgan fingerprint density at radius 2 is 1.75 bits per heavy atom. The van der Waals surface area contributed by atoms with Gasteiger partial charge >= 0.3 is 0 Å². The average molecular weight is 233 g/mol. The molecular formula is C12H27NO3. The van der Waals surface area contributed by atoms with Crippen LogP contribution in [-0.2, 0) is 9.47 Å². The first-order valence-electron chi connectivity index (χ1n) is 5.86. The third-order valence-electron chi connectivity index (χ3n) is 2.80. The Bertz CT molecular complexity index is 161. The normalized spacial score (nSPS) is 16.1. The van der Waals surface area contributed by atoms with Crippen LogP contribution in [-0.4, -0.2) is 43.2 Å². The number of rotatable bonds is 9. The molecule has 0 aliphatic rings. The van der Waals surface area contributed by atoms with Crippen LogP contribution in [0.5, 0.6) is 0 Å². The molecule has 4 heteroatoms. The summed E-state index contributed by atoms with van der Waals surface area (Å²) in [5.41, 5.74) is 5.20. The van der Waals surface area contributed by atoms with Gasteiger partial charge in [0.1, 0.15) is 0 Å². The smallest absolute Gasteiger partial charge is 0.0644 e. The monoisotopic (exact) mass is 233 g/mol. The Morgan fingerprint density at radius 3 is 2.25 bits per heavy atom. The van der Waals surface area contributed by atoms with Gasteiger partial charge in [-0.2, -0.15) is 0 Å². The van der Waals surface area contributed by atoms with Crippen LogP contribution in [0, 0.1) is 0 Å². The summed E-state index contributed by atoms with van der Waals surface area (Å²) in [6.07, 6.45) is 2.53. The lowest BCUT2D eigenvalue weighted by Crippen LogP contribution is -2.40. The molecular weight excluding hydrogens is 206 g/mol. The van der Waals surface area contributed by atoms with Crippen LogP contribution in [0.3, 0.4) is 0 Å². The first-order chi connectivity index (χ1) is 7.33. The Labute approximate surface area is 99.1 Å². The predicted molar refractivity (Wildman–Crippen MR) is 65.4 cm³/mol. The molecule has 0 aliphatic carbocycles. The summed E-state index contributed by atoms with van der Waals surface area (Å²) in [6.45, 7) is 7.33. The summed E-state index contributed by atoms with van der Waals surface area (Å²) >= 11 is 0. The lowest BCUT2D eigenvalue weighted by molar-refractivity contribution is -0.0106. The summed E-state index contributed by atoms with van der Waals surface area (Å²) in [7, 11) is 1.71. The van der Waals surface area contributed by atoms with Gasteiger partial charge in [0.25, 0.3) is 0 Å². The second-order valence-electron chi connectivity index (χ2n) is 5.24. The topological polar surface area (TPSA) is 64.7 Å². The zero-order valence-electron chi connectivity index (χ0n) is 11.1. The lowest BCUT2D eigenvalue weighted by Gasteiger charge is -2.23. The number of aliphatic hydroxyl groups excluding tert-OH is 1. The highest BCUT2D eigenvalue weighted by Crippen LogP contribution is 2.13. The summed E-state index contributed by atoms with van der Waals surface area (Å²) in [4.78, 5) is 0. The average Bonchev–Trinajstić information content (AvgIpc) is 2.23. The fourth-order valence-corrected chi connectivity index (χ4v) is 1.18. The van der Waals surface area contributed by atoms with Crippen LogP contribution in [0.4, 0.5) is 0 Å². The van der Waals surface area contributed by atoms with Gasteiger partial charge in [-0.15, -0.1) is 0 Å². The molecule has 0 saturated heterocycles. The van der Waals surface area contributed by atoms with Gasteiger partial charge in [-0.05, 0) is 40.0 Å². The zero-order chi connectivity index (χ0) is 12.7. The highest BCUT2D eigenvalue weighted by molar-refractivity contribution is 4.76. The molecule has 0 amide bonds. The minimum absolute atomic E-state index is 0.0176. The van der Waals surface area contributed by atoms with Crippen molar-refractivity contribution in [3.05, 3.63) is 0 Å². The number of hydrogen-bond acceptors (Lipinski definition) is 4. The SMILES string of the molecule is COC(C)(C)CCOCCCC(C)(N)CO. The minimum atomic E-state index is -0.477. The van der Waals surface area contributed by atoms with Crippen molar-refractivity contribution >= 4 is 0 Å². The molecule has 0 radical (unpaired) electrons. The zero-order valence-corrected chi connectivity index (χ0v) is 11.1.